The summed E-state index contributed by atoms with van der Waals surface area (Å²) in [6, 6.07) is 0. The molecule has 29 heavy (non-hydrogen) atoms. The number of carbonyl (C=O) groups excluding carboxylic acids is 3. The maximum absolute atomic E-state index is 16.9. The number of ether oxygens (including phenoxy) is 1. The summed E-state index contributed by atoms with van der Waals surface area (Å²) in [4.78, 5) is 35.9. The highest BCUT2D eigenvalue weighted by molar-refractivity contribution is 5.85. The van der Waals surface area contributed by atoms with Crippen molar-refractivity contribution in [3.8, 4) is 0 Å². The fourth-order valence-electron chi connectivity index (χ4n) is 7.85. The predicted octanol–water partition coefficient (Wildman–Crippen LogP) is 3.41. The fourth-order valence-corrected chi connectivity index (χ4v) is 7.85. The summed E-state index contributed by atoms with van der Waals surface area (Å²) >= 11 is 0. The van der Waals surface area contributed by atoms with E-state index in [0.29, 0.717) is 32.1 Å². The Morgan fingerprint density at radius 2 is 1.86 bits per heavy atom. The van der Waals surface area contributed by atoms with Gasteiger partial charge in [0.1, 0.15) is 18.1 Å². The van der Waals surface area contributed by atoms with Crippen LogP contribution in [0.3, 0.4) is 0 Å². The van der Waals surface area contributed by atoms with Crippen molar-refractivity contribution in [2.75, 3.05) is 6.61 Å². The first-order valence-electron chi connectivity index (χ1n) is 11.1. The Kier molecular flexibility index (Phi) is 4.96. The van der Waals surface area contributed by atoms with Crippen molar-refractivity contribution >= 4 is 17.5 Å². The third kappa shape index (κ3) is 2.84. The van der Waals surface area contributed by atoms with Crippen molar-refractivity contribution in [3.05, 3.63) is 0 Å². The average Bonchev–Trinajstić information content (AvgIpc) is 2.98. The number of carbonyl (C=O) groups is 3. The van der Waals surface area contributed by atoms with Gasteiger partial charge in [-0.05, 0) is 61.7 Å². The predicted molar refractivity (Wildman–Crippen MR) is 104 cm³/mol. The van der Waals surface area contributed by atoms with Gasteiger partial charge in [0.25, 0.3) is 0 Å². The highest BCUT2D eigenvalue weighted by Gasteiger charge is 2.72. The number of aliphatic hydroxyl groups excluding tert-OH is 1. The molecule has 0 aromatic rings. The second-order valence-corrected chi connectivity index (χ2v) is 10.5. The van der Waals surface area contributed by atoms with Crippen LogP contribution in [0.15, 0.2) is 0 Å². The van der Waals surface area contributed by atoms with Crippen molar-refractivity contribution in [2.24, 2.45) is 34.5 Å². The molecular formula is C23H33FO5. The van der Waals surface area contributed by atoms with Gasteiger partial charge >= 0.3 is 5.97 Å². The van der Waals surface area contributed by atoms with E-state index in [1.165, 1.54) is 6.92 Å². The molecule has 0 amide bonds. The topological polar surface area (TPSA) is 80.7 Å². The van der Waals surface area contributed by atoms with E-state index in [1.54, 1.807) is 0 Å². The zero-order valence-electron chi connectivity index (χ0n) is 17.7. The Morgan fingerprint density at radius 1 is 1.17 bits per heavy atom. The molecule has 0 aliphatic heterocycles. The Balaban J connectivity index is 1.64. The van der Waals surface area contributed by atoms with Crippen LogP contribution >= 0.6 is 0 Å². The number of hydrogen-bond acceptors (Lipinski definition) is 5. The second-order valence-electron chi connectivity index (χ2n) is 10.5. The lowest BCUT2D eigenvalue weighted by atomic mass is 9.42. The number of alkyl halides is 1. The van der Waals surface area contributed by atoms with Crippen LogP contribution in [0.1, 0.15) is 72.1 Å². The third-order valence-corrected chi connectivity index (χ3v) is 9.36. The molecule has 162 valence electrons. The number of hydrogen-bond donors (Lipinski definition) is 1. The molecule has 5 nitrogen and oxygen atoms in total. The first kappa shape index (κ1) is 21.0. The summed E-state index contributed by atoms with van der Waals surface area (Å²) in [6.07, 6.45) is 3.30. The van der Waals surface area contributed by atoms with Gasteiger partial charge in [0.15, 0.2) is 5.78 Å². The van der Waals surface area contributed by atoms with Gasteiger partial charge in [-0.3, -0.25) is 14.4 Å². The summed E-state index contributed by atoms with van der Waals surface area (Å²) in [5.74, 6) is -0.984. The van der Waals surface area contributed by atoms with Crippen LogP contribution in [0.2, 0.25) is 0 Å². The Labute approximate surface area is 171 Å². The van der Waals surface area contributed by atoms with E-state index >= 15 is 4.39 Å². The van der Waals surface area contributed by atoms with E-state index in [9.17, 15) is 19.5 Å². The molecule has 0 saturated heterocycles. The number of ketones is 2. The molecule has 4 saturated carbocycles. The van der Waals surface area contributed by atoms with Crippen molar-refractivity contribution < 1.29 is 28.6 Å². The summed E-state index contributed by atoms with van der Waals surface area (Å²) in [5, 5.41) is 11.2. The molecule has 4 rings (SSSR count). The van der Waals surface area contributed by atoms with E-state index in [1.807, 2.05) is 13.8 Å². The van der Waals surface area contributed by atoms with E-state index in [0.717, 1.165) is 12.8 Å². The molecule has 8 atom stereocenters. The highest BCUT2D eigenvalue weighted by atomic mass is 19.1. The quantitative estimate of drug-likeness (QED) is 0.724. The lowest BCUT2D eigenvalue weighted by Crippen LogP contribution is -2.69. The zero-order valence-corrected chi connectivity index (χ0v) is 17.7. The number of esters is 1. The molecule has 0 heterocycles. The van der Waals surface area contributed by atoms with E-state index < -0.39 is 28.6 Å². The zero-order chi connectivity index (χ0) is 21.2. The fraction of sp³-hybridized carbons (Fsp3) is 0.870. The van der Waals surface area contributed by atoms with Crippen LogP contribution in [-0.4, -0.2) is 41.0 Å². The van der Waals surface area contributed by atoms with Crippen LogP contribution in [0.25, 0.3) is 0 Å². The molecule has 0 bridgehead atoms. The summed E-state index contributed by atoms with van der Waals surface area (Å²) < 4.78 is 21.9. The lowest BCUT2D eigenvalue weighted by molar-refractivity contribution is -0.242. The maximum atomic E-state index is 16.9. The molecule has 4 fully saturated rings. The minimum atomic E-state index is -1.71. The van der Waals surface area contributed by atoms with Gasteiger partial charge in [-0.15, -0.1) is 0 Å². The molecule has 0 aromatic heterocycles. The molecule has 0 radical (unpaired) electrons. The van der Waals surface area contributed by atoms with E-state index in [4.69, 9.17) is 4.74 Å². The number of fused-ring (bicyclic) bond motifs is 5. The molecule has 0 aromatic carbocycles. The SMILES string of the molecule is CC(=O)OCC(=O)[C@H]1CC[C@H]2[C@@H]3CC[C@H]4CC(=O)CC[C@]4(C)[C@@]3(F)[C@H](O)C[C@]12C. The third-order valence-electron chi connectivity index (χ3n) is 9.36. The summed E-state index contributed by atoms with van der Waals surface area (Å²) in [7, 11) is 0. The lowest BCUT2D eigenvalue weighted by Gasteiger charge is -2.64. The van der Waals surface area contributed by atoms with Gasteiger partial charge in [0, 0.05) is 31.1 Å². The first-order chi connectivity index (χ1) is 13.5. The van der Waals surface area contributed by atoms with Crippen LogP contribution < -0.4 is 0 Å². The largest absolute Gasteiger partial charge is 0.458 e. The average molecular weight is 409 g/mol. The summed E-state index contributed by atoms with van der Waals surface area (Å²) in [5.41, 5.74) is -2.89. The molecule has 6 heteroatoms. The number of aliphatic hydroxyl groups is 1. The van der Waals surface area contributed by atoms with Crippen LogP contribution in [0.4, 0.5) is 4.39 Å². The minimum Gasteiger partial charge on any atom is -0.458 e. The standard InChI is InChI=1S/C23H33FO5/c1-13(25)29-12-19(27)18-7-6-16-17-5-4-14-10-15(26)8-9-22(14,3)23(17,24)20(28)11-21(16,18)2/h14,16-18,20,28H,4-12H2,1-3H3/t14-,16-,17-,18+,20+,21-,22-,23-/m0/s1. The second kappa shape index (κ2) is 6.86. The maximum Gasteiger partial charge on any atom is 0.303 e. The van der Waals surface area contributed by atoms with E-state index in [2.05, 4.69) is 0 Å². The highest BCUT2D eigenvalue weighted by Crippen LogP contribution is 2.70. The van der Waals surface area contributed by atoms with Crippen LogP contribution in [0, 0.1) is 34.5 Å². The number of halogens is 1. The number of Topliss-reactive ketones (excluding diaryl/α,β-unsaturated/α-hetero) is 2. The van der Waals surface area contributed by atoms with Gasteiger partial charge in [0.05, 0.1) is 6.10 Å². The van der Waals surface area contributed by atoms with Crippen molar-refractivity contribution in [3.63, 3.8) is 0 Å². The smallest absolute Gasteiger partial charge is 0.303 e. The minimum absolute atomic E-state index is 0.00759. The normalized spacial score (nSPS) is 49.0. The van der Waals surface area contributed by atoms with Crippen LogP contribution in [0.5, 0.6) is 0 Å². The number of rotatable bonds is 3. The first-order valence-corrected chi connectivity index (χ1v) is 11.1. The van der Waals surface area contributed by atoms with Crippen molar-refractivity contribution in [1.82, 2.24) is 0 Å². The van der Waals surface area contributed by atoms with Crippen molar-refractivity contribution in [1.29, 1.82) is 0 Å². The van der Waals surface area contributed by atoms with Crippen LogP contribution in [-0.2, 0) is 19.1 Å². The molecule has 0 unspecified atom stereocenters. The van der Waals surface area contributed by atoms with E-state index in [-0.39, 0.29) is 48.3 Å². The monoisotopic (exact) mass is 408 g/mol. The molecule has 0 spiro atoms. The molecule has 1 N–H and O–H groups in total. The van der Waals surface area contributed by atoms with Crippen molar-refractivity contribution in [2.45, 2.75) is 83.9 Å². The van der Waals surface area contributed by atoms with Gasteiger partial charge < -0.3 is 9.84 Å². The van der Waals surface area contributed by atoms with Gasteiger partial charge in [-0.25, -0.2) is 4.39 Å². The molecule has 4 aliphatic carbocycles. The Hall–Kier alpha value is -1.30. The Bertz CT molecular complexity index is 737. The van der Waals surface area contributed by atoms with Gasteiger partial charge in [0.2, 0.25) is 0 Å². The molecular weight excluding hydrogens is 375 g/mol. The Morgan fingerprint density at radius 3 is 2.55 bits per heavy atom. The van der Waals surface area contributed by atoms with Gasteiger partial charge in [-0.1, -0.05) is 13.8 Å². The van der Waals surface area contributed by atoms with Gasteiger partial charge in [-0.2, -0.15) is 0 Å². The summed E-state index contributed by atoms with van der Waals surface area (Å²) in [6.45, 7) is 5.00. The molecule has 4 aliphatic rings.